The minimum atomic E-state index is -0.260. The standard InChI is InChI=1S/C22H20N4O4S/c1-26-21(28)15-7-5-4-6-14(15)16(25-26)11-20(27)24-22-23-17(12-31-22)13-8-9-18(29-2)19(10-13)30-3/h4-10,12H,11H2,1-3H3,(H,23,24,27). The highest BCUT2D eigenvalue weighted by molar-refractivity contribution is 7.14. The minimum Gasteiger partial charge on any atom is -0.493 e. The number of nitrogens with one attached hydrogen (secondary N) is 1. The second-order valence-electron chi connectivity index (χ2n) is 6.75. The van der Waals surface area contributed by atoms with Crippen LogP contribution < -0.4 is 20.3 Å². The smallest absolute Gasteiger partial charge is 0.274 e. The largest absolute Gasteiger partial charge is 0.493 e. The van der Waals surface area contributed by atoms with Gasteiger partial charge in [0.25, 0.3) is 5.56 Å². The minimum absolute atomic E-state index is 0.0277. The van der Waals surface area contributed by atoms with Gasteiger partial charge in [-0.2, -0.15) is 5.10 Å². The van der Waals surface area contributed by atoms with Crippen molar-refractivity contribution in [3.63, 3.8) is 0 Å². The lowest BCUT2D eigenvalue weighted by molar-refractivity contribution is -0.115. The maximum Gasteiger partial charge on any atom is 0.274 e. The topological polar surface area (TPSA) is 95.3 Å². The van der Waals surface area contributed by atoms with Crippen molar-refractivity contribution in [2.24, 2.45) is 7.05 Å². The number of thiazole rings is 1. The van der Waals surface area contributed by atoms with Gasteiger partial charge in [0, 0.05) is 23.4 Å². The van der Waals surface area contributed by atoms with Crippen LogP contribution in [0.1, 0.15) is 5.69 Å². The van der Waals surface area contributed by atoms with Crippen molar-refractivity contribution in [2.45, 2.75) is 6.42 Å². The van der Waals surface area contributed by atoms with E-state index in [0.717, 1.165) is 5.56 Å². The second kappa shape index (κ2) is 8.57. The molecule has 0 unspecified atom stereocenters. The number of fused-ring (bicyclic) bond motifs is 1. The lowest BCUT2D eigenvalue weighted by Crippen LogP contribution is -2.24. The van der Waals surface area contributed by atoms with Crippen molar-refractivity contribution in [2.75, 3.05) is 19.5 Å². The van der Waals surface area contributed by atoms with E-state index >= 15 is 0 Å². The summed E-state index contributed by atoms with van der Waals surface area (Å²) in [5.41, 5.74) is 1.90. The van der Waals surface area contributed by atoms with Crippen molar-refractivity contribution in [3.05, 3.63) is 63.9 Å². The number of amides is 1. The van der Waals surface area contributed by atoms with E-state index in [9.17, 15) is 9.59 Å². The van der Waals surface area contributed by atoms with Crippen LogP contribution >= 0.6 is 11.3 Å². The molecule has 0 spiro atoms. The molecule has 2 aromatic heterocycles. The van der Waals surface area contributed by atoms with E-state index in [1.165, 1.54) is 16.0 Å². The lowest BCUT2D eigenvalue weighted by Gasteiger charge is -2.08. The van der Waals surface area contributed by atoms with Crippen LogP contribution in [0.2, 0.25) is 0 Å². The molecule has 0 fully saturated rings. The third kappa shape index (κ3) is 4.13. The van der Waals surface area contributed by atoms with E-state index < -0.39 is 0 Å². The Morgan fingerprint density at radius 3 is 2.58 bits per heavy atom. The molecule has 31 heavy (non-hydrogen) atoms. The molecule has 2 heterocycles. The summed E-state index contributed by atoms with van der Waals surface area (Å²) in [6.07, 6.45) is 0.0277. The van der Waals surface area contributed by atoms with Gasteiger partial charge in [-0.3, -0.25) is 9.59 Å². The third-order valence-electron chi connectivity index (χ3n) is 4.79. The van der Waals surface area contributed by atoms with Crippen LogP contribution in [0.5, 0.6) is 11.5 Å². The fourth-order valence-corrected chi connectivity index (χ4v) is 4.02. The van der Waals surface area contributed by atoms with Gasteiger partial charge < -0.3 is 14.8 Å². The molecule has 0 radical (unpaired) electrons. The Bertz CT molecular complexity index is 1330. The fraction of sp³-hybridized carbons (Fsp3) is 0.182. The van der Waals surface area contributed by atoms with Gasteiger partial charge in [-0.25, -0.2) is 9.67 Å². The molecule has 0 saturated heterocycles. The fourth-order valence-electron chi connectivity index (χ4n) is 3.28. The summed E-state index contributed by atoms with van der Waals surface area (Å²) in [4.78, 5) is 29.4. The Hall–Kier alpha value is -3.72. The molecule has 9 heteroatoms. The Morgan fingerprint density at radius 1 is 1.10 bits per heavy atom. The average Bonchev–Trinajstić information content (AvgIpc) is 3.25. The molecule has 0 saturated carbocycles. The van der Waals surface area contributed by atoms with Gasteiger partial charge in [0.2, 0.25) is 5.91 Å². The maximum atomic E-state index is 12.6. The van der Waals surface area contributed by atoms with Crippen LogP contribution in [0.15, 0.2) is 52.6 Å². The van der Waals surface area contributed by atoms with Crippen molar-refractivity contribution in [3.8, 4) is 22.8 Å². The molecule has 0 aliphatic heterocycles. The molecule has 4 aromatic rings. The molecule has 1 amide bonds. The van der Waals surface area contributed by atoms with Crippen molar-refractivity contribution < 1.29 is 14.3 Å². The molecule has 2 aromatic carbocycles. The van der Waals surface area contributed by atoms with Gasteiger partial charge in [0.1, 0.15) is 0 Å². The number of carbonyl (C=O) groups is 1. The molecular weight excluding hydrogens is 416 g/mol. The lowest BCUT2D eigenvalue weighted by atomic mass is 10.1. The molecule has 0 aliphatic carbocycles. The number of hydrogen-bond donors (Lipinski definition) is 1. The number of rotatable bonds is 6. The van der Waals surface area contributed by atoms with Crippen LogP contribution in [0.3, 0.4) is 0 Å². The van der Waals surface area contributed by atoms with Crippen LogP contribution in [0, 0.1) is 0 Å². The third-order valence-corrected chi connectivity index (χ3v) is 5.55. The van der Waals surface area contributed by atoms with Crippen molar-refractivity contribution >= 4 is 33.1 Å². The Labute approximate surface area is 182 Å². The Morgan fingerprint density at radius 2 is 1.84 bits per heavy atom. The summed E-state index contributed by atoms with van der Waals surface area (Å²) < 4.78 is 11.9. The Kier molecular flexibility index (Phi) is 5.68. The summed E-state index contributed by atoms with van der Waals surface area (Å²) in [5, 5.41) is 10.6. The number of methoxy groups -OCH3 is 2. The number of hydrogen-bond acceptors (Lipinski definition) is 7. The summed E-state index contributed by atoms with van der Waals surface area (Å²) in [6, 6.07) is 12.7. The molecular formula is C22H20N4O4S. The molecule has 4 rings (SSSR count). The quantitative estimate of drug-likeness (QED) is 0.499. The molecule has 0 bridgehead atoms. The normalized spacial score (nSPS) is 10.8. The first kappa shape index (κ1) is 20.5. The number of anilines is 1. The number of benzene rings is 2. The predicted molar refractivity (Wildman–Crippen MR) is 120 cm³/mol. The highest BCUT2D eigenvalue weighted by Crippen LogP contribution is 2.33. The van der Waals surface area contributed by atoms with E-state index in [2.05, 4.69) is 15.4 Å². The van der Waals surface area contributed by atoms with Gasteiger partial charge in [-0.05, 0) is 24.3 Å². The van der Waals surface area contributed by atoms with E-state index in [1.807, 2.05) is 29.6 Å². The predicted octanol–water partition coefficient (Wildman–Crippen LogP) is 3.26. The van der Waals surface area contributed by atoms with Crippen LogP contribution in [-0.4, -0.2) is 34.9 Å². The van der Waals surface area contributed by atoms with Crippen LogP contribution in [0.25, 0.3) is 22.0 Å². The average molecular weight is 436 g/mol. The Balaban J connectivity index is 1.54. The molecule has 0 atom stereocenters. The van der Waals surface area contributed by atoms with E-state index in [4.69, 9.17) is 9.47 Å². The van der Waals surface area contributed by atoms with E-state index in [0.29, 0.717) is 38.8 Å². The van der Waals surface area contributed by atoms with Crippen LogP contribution in [0.4, 0.5) is 5.13 Å². The molecule has 0 aliphatic rings. The summed E-state index contributed by atoms with van der Waals surface area (Å²) >= 11 is 1.33. The zero-order valence-electron chi connectivity index (χ0n) is 17.2. The SMILES string of the molecule is COc1ccc(-c2csc(NC(=O)Cc3nn(C)c(=O)c4ccccc34)n2)cc1OC. The summed E-state index contributed by atoms with van der Waals surface area (Å²) in [6.45, 7) is 0. The van der Waals surface area contributed by atoms with Crippen LogP contribution in [-0.2, 0) is 18.3 Å². The van der Waals surface area contributed by atoms with Gasteiger partial charge in [0.15, 0.2) is 16.6 Å². The van der Waals surface area contributed by atoms with Gasteiger partial charge >= 0.3 is 0 Å². The van der Waals surface area contributed by atoms with Gasteiger partial charge in [0.05, 0.1) is 37.4 Å². The molecule has 158 valence electrons. The van der Waals surface area contributed by atoms with Crippen molar-refractivity contribution in [1.82, 2.24) is 14.8 Å². The summed E-state index contributed by atoms with van der Waals surface area (Å²) in [5.74, 6) is 0.975. The maximum absolute atomic E-state index is 12.6. The van der Waals surface area contributed by atoms with E-state index in [1.54, 1.807) is 39.5 Å². The first-order valence-corrected chi connectivity index (χ1v) is 10.3. The van der Waals surface area contributed by atoms with Gasteiger partial charge in [-0.1, -0.05) is 18.2 Å². The monoisotopic (exact) mass is 436 g/mol. The first-order valence-electron chi connectivity index (χ1n) is 9.43. The van der Waals surface area contributed by atoms with Gasteiger partial charge in [-0.15, -0.1) is 11.3 Å². The second-order valence-corrected chi connectivity index (χ2v) is 7.61. The van der Waals surface area contributed by atoms with Crippen molar-refractivity contribution in [1.29, 1.82) is 0 Å². The number of aryl methyl sites for hydroxylation is 1. The first-order chi connectivity index (χ1) is 15.0. The summed E-state index contributed by atoms with van der Waals surface area (Å²) in [7, 11) is 4.73. The number of nitrogens with zero attached hydrogens (tertiary/aromatic N) is 3. The number of ether oxygens (including phenoxy) is 2. The highest BCUT2D eigenvalue weighted by atomic mass is 32.1. The van der Waals surface area contributed by atoms with E-state index in [-0.39, 0.29) is 17.9 Å². The molecule has 8 nitrogen and oxygen atoms in total. The number of aromatic nitrogens is 3. The number of carbonyl (C=O) groups excluding carboxylic acids is 1. The molecule has 1 N–H and O–H groups in total. The zero-order chi connectivity index (χ0) is 22.0. The highest BCUT2D eigenvalue weighted by Gasteiger charge is 2.15. The zero-order valence-corrected chi connectivity index (χ0v) is 18.0.